The molecule has 2 amide bonds. The Balaban J connectivity index is 1.35. The molecule has 2 aliphatic rings. The second-order valence-electron chi connectivity index (χ2n) is 7.95. The second-order valence-corrected chi connectivity index (χ2v) is 8.32. The first kappa shape index (κ1) is 24.2. The number of halogens is 1. The summed E-state index contributed by atoms with van der Waals surface area (Å²) in [5.41, 5.74) is 1.45. The maximum Gasteiger partial charge on any atom is 0.414 e. The molecule has 12 heteroatoms. The molecule has 2 fully saturated rings. The summed E-state index contributed by atoms with van der Waals surface area (Å²) in [4.78, 5) is 33.8. The maximum absolute atomic E-state index is 15.0. The van der Waals surface area contributed by atoms with Gasteiger partial charge < -0.3 is 24.6 Å². The van der Waals surface area contributed by atoms with E-state index in [2.05, 4.69) is 10.3 Å². The fraction of sp³-hybridized carbons (Fsp3) is 0.348. The lowest BCUT2D eigenvalue weighted by Gasteiger charge is -2.36. The summed E-state index contributed by atoms with van der Waals surface area (Å²) in [6.07, 6.45) is 0.383. The van der Waals surface area contributed by atoms with Crippen LogP contribution in [-0.2, 0) is 9.47 Å². The number of anilines is 2. The van der Waals surface area contributed by atoms with Crippen LogP contribution < -0.4 is 15.1 Å². The van der Waals surface area contributed by atoms with Gasteiger partial charge in [0.25, 0.3) is 11.1 Å². The number of carbonyl (C=O) groups excluding carboxylic acids is 2. The van der Waals surface area contributed by atoms with E-state index in [9.17, 15) is 9.59 Å². The lowest BCUT2D eigenvalue weighted by molar-refractivity contribution is 0.0746. The number of cyclic esters (lactones) is 1. The largest absolute Gasteiger partial charge is 0.474 e. The van der Waals surface area contributed by atoms with Crippen LogP contribution in [0.5, 0.6) is 0 Å². The van der Waals surface area contributed by atoms with Crippen LogP contribution in [0.1, 0.15) is 16.1 Å². The predicted octanol–water partition coefficient (Wildman–Crippen LogP) is 1.90. The van der Waals surface area contributed by atoms with Crippen molar-refractivity contribution < 1.29 is 23.5 Å². The summed E-state index contributed by atoms with van der Waals surface area (Å²) in [6.45, 7) is 2.27. The van der Waals surface area contributed by atoms with Crippen molar-refractivity contribution >= 4 is 40.8 Å². The average Bonchev–Trinajstić information content (AvgIpc) is 3.27. The molecule has 2 aromatic rings. The van der Waals surface area contributed by atoms with Crippen molar-refractivity contribution in [1.82, 2.24) is 15.2 Å². The van der Waals surface area contributed by atoms with Gasteiger partial charge in [0.2, 0.25) is 0 Å². The van der Waals surface area contributed by atoms with Crippen LogP contribution in [0.2, 0.25) is 0 Å². The topological polar surface area (TPSA) is 111 Å². The number of benzene rings is 1. The molecule has 0 bridgehead atoms. The molecule has 35 heavy (non-hydrogen) atoms. The van der Waals surface area contributed by atoms with Gasteiger partial charge in [0, 0.05) is 32.4 Å². The molecular formula is C23H23FN6O4S. The molecule has 2 aliphatic heterocycles. The van der Waals surface area contributed by atoms with Crippen LogP contribution in [-0.4, -0.2) is 79.5 Å². The van der Waals surface area contributed by atoms with E-state index in [1.807, 2.05) is 11.0 Å². The first-order valence-electron chi connectivity index (χ1n) is 10.9. The minimum Gasteiger partial charge on any atom is -0.474 e. The lowest BCUT2D eigenvalue weighted by Crippen LogP contribution is -2.49. The standard InChI is InChI=1S/C23H23FN6O4S/c1-33-22(35)27-13-18-14-30(23(32)34-18)17-4-5-20(19(24)10-17)28-6-8-29(9-7-28)21(31)15-2-3-16(11-25)26-12-15/h2-5,10,12,18H,6-9,13-14H2,1H3,(H,27,35)/t18-/m0/s1. The Hall–Kier alpha value is -3.98. The molecule has 0 spiro atoms. The molecule has 2 saturated heterocycles. The third-order valence-electron chi connectivity index (χ3n) is 5.81. The molecule has 0 radical (unpaired) electrons. The number of hydrogen-bond acceptors (Lipinski definition) is 8. The van der Waals surface area contributed by atoms with Crippen LogP contribution in [0.3, 0.4) is 0 Å². The van der Waals surface area contributed by atoms with Crippen molar-refractivity contribution in [1.29, 1.82) is 5.26 Å². The normalized spacial score (nSPS) is 17.6. The Morgan fingerprint density at radius 1 is 1.31 bits per heavy atom. The highest BCUT2D eigenvalue weighted by Gasteiger charge is 2.33. The number of ether oxygens (including phenoxy) is 2. The Bertz CT molecular complexity index is 1160. The van der Waals surface area contributed by atoms with E-state index in [4.69, 9.17) is 27.0 Å². The van der Waals surface area contributed by atoms with Gasteiger partial charge in [-0.2, -0.15) is 5.26 Å². The number of piperazine rings is 1. The Labute approximate surface area is 206 Å². The highest BCUT2D eigenvalue weighted by Crippen LogP contribution is 2.28. The number of rotatable bonds is 5. The predicted molar refractivity (Wildman–Crippen MR) is 129 cm³/mol. The van der Waals surface area contributed by atoms with E-state index in [0.717, 1.165) is 0 Å². The SMILES string of the molecule is COC(=S)NC[C@H]1CN(c2ccc(N3CCN(C(=O)c4ccc(C#N)nc4)CC3)c(F)c2)C(=O)O1. The highest BCUT2D eigenvalue weighted by molar-refractivity contribution is 7.80. The van der Waals surface area contributed by atoms with Gasteiger partial charge >= 0.3 is 6.09 Å². The molecule has 10 nitrogen and oxygen atoms in total. The molecule has 0 unspecified atom stereocenters. The number of thiocarbonyl (C=S) groups is 1. The lowest BCUT2D eigenvalue weighted by atomic mass is 10.2. The minimum atomic E-state index is -0.559. The van der Waals surface area contributed by atoms with Crippen molar-refractivity contribution in [3.05, 3.63) is 53.6 Å². The number of hydrogen-bond donors (Lipinski definition) is 1. The third-order valence-corrected chi connectivity index (χ3v) is 6.12. The average molecular weight is 499 g/mol. The van der Waals surface area contributed by atoms with Gasteiger partial charge in [0.1, 0.15) is 23.7 Å². The zero-order valence-electron chi connectivity index (χ0n) is 18.9. The number of nitriles is 1. The van der Waals surface area contributed by atoms with E-state index in [1.165, 1.54) is 30.3 Å². The van der Waals surface area contributed by atoms with Gasteiger partial charge in [-0.25, -0.2) is 14.2 Å². The molecule has 4 rings (SSSR count). The van der Waals surface area contributed by atoms with Gasteiger partial charge in [-0.05, 0) is 42.5 Å². The van der Waals surface area contributed by atoms with Crippen molar-refractivity contribution in [3.8, 4) is 6.07 Å². The number of pyridine rings is 1. The zero-order chi connectivity index (χ0) is 24.9. The van der Waals surface area contributed by atoms with Crippen LogP contribution >= 0.6 is 12.2 Å². The monoisotopic (exact) mass is 498 g/mol. The summed E-state index contributed by atoms with van der Waals surface area (Å²) >= 11 is 4.91. The van der Waals surface area contributed by atoms with Crippen molar-refractivity contribution in [3.63, 3.8) is 0 Å². The number of nitrogens with one attached hydrogen (secondary N) is 1. The Morgan fingerprint density at radius 3 is 2.71 bits per heavy atom. The Kier molecular flexibility index (Phi) is 7.26. The molecule has 0 aliphatic carbocycles. The summed E-state index contributed by atoms with van der Waals surface area (Å²) in [7, 11) is 1.44. The van der Waals surface area contributed by atoms with Crippen LogP contribution in [0, 0.1) is 17.1 Å². The summed E-state index contributed by atoms with van der Waals surface area (Å²) in [5, 5.41) is 11.9. The second kappa shape index (κ2) is 10.5. The maximum atomic E-state index is 15.0. The number of amides is 2. The van der Waals surface area contributed by atoms with Gasteiger partial charge in [-0.3, -0.25) is 9.69 Å². The molecule has 182 valence electrons. The third kappa shape index (κ3) is 5.41. The minimum absolute atomic E-state index is 0.180. The van der Waals surface area contributed by atoms with E-state index < -0.39 is 18.0 Å². The van der Waals surface area contributed by atoms with E-state index in [1.54, 1.807) is 23.1 Å². The molecule has 3 heterocycles. The summed E-state index contributed by atoms with van der Waals surface area (Å²) in [6, 6.07) is 9.62. The number of aromatic nitrogens is 1. The number of nitrogens with zero attached hydrogens (tertiary/aromatic N) is 5. The number of methoxy groups -OCH3 is 1. The van der Waals surface area contributed by atoms with Gasteiger partial charge in [0.15, 0.2) is 0 Å². The van der Waals surface area contributed by atoms with Gasteiger partial charge in [-0.15, -0.1) is 0 Å². The fourth-order valence-corrected chi connectivity index (χ4v) is 4.03. The van der Waals surface area contributed by atoms with Crippen LogP contribution in [0.25, 0.3) is 0 Å². The molecular weight excluding hydrogens is 475 g/mol. The first-order chi connectivity index (χ1) is 16.9. The van der Waals surface area contributed by atoms with Crippen molar-refractivity contribution in [2.75, 3.05) is 56.2 Å². The van der Waals surface area contributed by atoms with E-state index in [-0.39, 0.29) is 29.9 Å². The van der Waals surface area contributed by atoms with Crippen LogP contribution in [0.15, 0.2) is 36.5 Å². The first-order valence-corrected chi connectivity index (χ1v) is 11.3. The summed E-state index contributed by atoms with van der Waals surface area (Å²) in [5.74, 6) is -0.645. The van der Waals surface area contributed by atoms with Crippen LogP contribution in [0.4, 0.5) is 20.6 Å². The summed E-state index contributed by atoms with van der Waals surface area (Å²) < 4.78 is 25.2. The van der Waals surface area contributed by atoms with E-state index in [0.29, 0.717) is 43.1 Å². The van der Waals surface area contributed by atoms with Crippen molar-refractivity contribution in [2.24, 2.45) is 0 Å². The molecule has 1 aromatic carbocycles. The quantitative estimate of drug-likeness (QED) is 0.618. The van der Waals surface area contributed by atoms with E-state index >= 15 is 4.39 Å². The fourth-order valence-electron chi connectivity index (χ4n) is 3.95. The molecule has 1 aromatic heterocycles. The van der Waals surface area contributed by atoms with Gasteiger partial charge in [0.05, 0.1) is 37.1 Å². The van der Waals surface area contributed by atoms with Crippen molar-refractivity contribution in [2.45, 2.75) is 6.10 Å². The highest BCUT2D eigenvalue weighted by atomic mass is 32.1. The molecule has 1 N–H and O–H groups in total. The van der Waals surface area contributed by atoms with Gasteiger partial charge in [-0.1, -0.05) is 0 Å². The Morgan fingerprint density at radius 2 is 2.09 bits per heavy atom. The zero-order valence-corrected chi connectivity index (χ0v) is 19.8. The molecule has 0 saturated carbocycles. The number of carbonyl (C=O) groups is 2. The molecule has 1 atom stereocenters. The smallest absolute Gasteiger partial charge is 0.414 e.